The molecule has 0 N–H and O–H groups in total. The van der Waals surface area contributed by atoms with E-state index in [4.69, 9.17) is 4.42 Å². The first-order valence-corrected chi connectivity index (χ1v) is 6.61. The lowest BCUT2D eigenvalue weighted by molar-refractivity contribution is 0.669. The average Bonchev–Trinajstić information content (AvgIpc) is 2.74. The number of furan rings is 1. The van der Waals surface area contributed by atoms with Gasteiger partial charge in [0.1, 0.15) is 11.2 Å². The Bertz CT molecular complexity index is 889. The molecule has 0 radical (unpaired) electrons. The Labute approximate surface area is 112 Å². The minimum Gasteiger partial charge on any atom is -0.456 e. The van der Waals surface area contributed by atoms with Crippen LogP contribution in [0.25, 0.3) is 32.7 Å². The maximum atomic E-state index is 5.88. The minimum absolute atomic E-state index is 0.946. The molecule has 0 spiro atoms. The van der Waals surface area contributed by atoms with E-state index in [2.05, 4.69) is 52.3 Å². The molecule has 3 aromatic carbocycles. The fourth-order valence-corrected chi connectivity index (χ4v) is 2.82. The summed E-state index contributed by atoms with van der Waals surface area (Å²) < 4.78 is 6.98. The molecule has 0 aliphatic carbocycles. The topological polar surface area (TPSA) is 13.1 Å². The Morgan fingerprint density at radius 2 is 1.61 bits per heavy atom. The van der Waals surface area contributed by atoms with Crippen molar-refractivity contribution in [2.24, 2.45) is 0 Å². The van der Waals surface area contributed by atoms with Gasteiger partial charge in [-0.2, -0.15) is 0 Å². The quantitative estimate of drug-likeness (QED) is 0.417. The van der Waals surface area contributed by atoms with Crippen molar-refractivity contribution < 1.29 is 4.42 Å². The highest BCUT2D eigenvalue weighted by atomic mass is 79.9. The van der Waals surface area contributed by atoms with E-state index in [0.29, 0.717) is 0 Å². The summed E-state index contributed by atoms with van der Waals surface area (Å²) in [6.07, 6.45) is 0. The van der Waals surface area contributed by atoms with Gasteiger partial charge in [-0.25, -0.2) is 0 Å². The van der Waals surface area contributed by atoms with Gasteiger partial charge in [0.25, 0.3) is 0 Å². The van der Waals surface area contributed by atoms with Crippen molar-refractivity contribution >= 4 is 48.6 Å². The first-order chi connectivity index (χ1) is 8.81. The molecule has 2 heteroatoms. The van der Waals surface area contributed by atoms with Crippen molar-refractivity contribution in [2.45, 2.75) is 0 Å². The van der Waals surface area contributed by atoms with Gasteiger partial charge in [0.05, 0.1) is 0 Å². The lowest BCUT2D eigenvalue weighted by Crippen LogP contribution is -1.73. The summed E-state index contributed by atoms with van der Waals surface area (Å²) >= 11 is 3.51. The molecule has 0 atom stereocenters. The highest BCUT2D eigenvalue weighted by Crippen LogP contribution is 2.32. The van der Waals surface area contributed by atoms with Crippen molar-refractivity contribution in [1.82, 2.24) is 0 Å². The molecule has 86 valence electrons. The predicted octanol–water partition coefficient (Wildman–Crippen LogP) is 5.50. The first kappa shape index (κ1) is 10.2. The SMILES string of the molecule is Brc1ccc2cc3oc4ccccc4c3cc2c1. The molecule has 1 aromatic heterocycles. The number of hydrogen-bond donors (Lipinski definition) is 0. The predicted molar refractivity (Wildman–Crippen MR) is 78.9 cm³/mol. The van der Waals surface area contributed by atoms with Gasteiger partial charge in [-0.1, -0.05) is 40.2 Å². The van der Waals surface area contributed by atoms with Crippen LogP contribution in [0.3, 0.4) is 0 Å². The van der Waals surface area contributed by atoms with Crippen LogP contribution in [0.2, 0.25) is 0 Å². The van der Waals surface area contributed by atoms with E-state index in [1.807, 2.05) is 18.2 Å². The maximum absolute atomic E-state index is 5.88. The maximum Gasteiger partial charge on any atom is 0.136 e. The number of rotatable bonds is 0. The Kier molecular flexibility index (Phi) is 2.03. The smallest absolute Gasteiger partial charge is 0.136 e. The lowest BCUT2D eigenvalue weighted by atomic mass is 10.1. The second-order valence-electron chi connectivity index (χ2n) is 4.44. The number of para-hydroxylation sites is 1. The van der Waals surface area contributed by atoms with Crippen molar-refractivity contribution in [3.05, 3.63) is 59.1 Å². The summed E-state index contributed by atoms with van der Waals surface area (Å²) in [6.45, 7) is 0. The van der Waals surface area contributed by atoms with Crippen molar-refractivity contribution in [3.8, 4) is 0 Å². The Hall–Kier alpha value is -1.80. The van der Waals surface area contributed by atoms with Gasteiger partial charge in [0, 0.05) is 15.2 Å². The summed E-state index contributed by atoms with van der Waals surface area (Å²) in [5.74, 6) is 0. The molecular weight excluding hydrogens is 288 g/mol. The van der Waals surface area contributed by atoms with Crippen molar-refractivity contribution in [1.29, 1.82) is 0 Å². The molecule has 0 unspecified atom stereocenters. The van der Waals surface area contributed by atoms with Crippen LogP contribution in [0.15, 0.2) is 63.5 Å². The van der Waals surface area contributed by atoms with Crippen LogP contribution in [0, 0.1) is 0 Å². The average molecular weight is 297 g/mol. The fourth-order valence-electron chi connectivity index (χ4n) is 2.44. The number of benzene rings is 3. The molecule has 0 bridgehead atoms. The van der Waals surface area contributed by atoms with Crippen LogP contribution in [-0.2, 0) is 0 Å². The van der Waals surface area contributed by atoms with Crippen LogP contribution < -0.4 is 0 Å². The van der Waals surface area contributed by atoms with Gasteiger partial charge in [-0.05, 0) is 41.1 Å². The van der Waals surface area contributed by atoms with E-state index in [1.54, 1.807) is 0 Å². The highest BCUT2D eigenvalue weighted by Gasteiger charge is 2.07. The summed E-state index contributed by atoms with van der Waals surface area (Å²) in [4.78, 5) is 0. The molecule has 4 aromatic rings. The monoisotopic (exact) mass is 296 g/mol. The third-order valence-electron chi connectivity index (χ3n) is 3.30. The summed E-state index contributed by atoms with van der Waals surface area (Å²) in [6, 6.07) is 18.8. The van der Waals surface area contributed by atoms with Crippen LogP contribution in [-0.4, -0.2) is 0 Å². The van der Waals surface area contributed by atoms with Gasteiger partial charge >= 0.3 is 0 Å². The molecular formula is C16H9BrO. The zero-order valence-electron chi connectivity index (χ0n) is 9.48. The first-order valence-electron chi connectivity index (χ1n) is 5.82. The van der Waals surface area contributed by atoms with E-state index in [9.17, 15) is 0 Å². The van der Waals surface area contributed by atoms with Crippen LogP contribution in [0.5, 0.6) is 0 Å². The van der Waals surface area contributed by atoms with Crippen LogP contribution in [0.1, 0.15) is 0 Å². The fraction of sp³-hybridized carbons (Fsp3) is 0. The molecule has 0 fully saturated rings. The van der Waals surface area contributed by atoms with Crippen LogP contribution >= 0.6 is 15.9 Å². The van der Waals surface area contributed by atoms with E-state index >= 15 is 0 Å². The van der Waals surface area contributed by atoms with E-state index in [1.165, 1.54) is 21.5 Å². The van der Waals surface area contributed by atoms with Gasteiger partial charge in [-0.3, -0.25) is 0 Å². The third kappa shape index (κ3) is 1.39. The van der Waals surface area contributed by atoms with E-state index < -0.39 is 0 Å². The number of halogens is 1. The number of fused-ring (bicyclic) bond motifs is 4. The van der Waals surface area contributed by atoms with Crippen molar-refractivity contribution in [2.75, 3.05) is 0 Å². The van der Waals surface area contributed by atoms with E-state index in [-0.39, 0.29) is 0 Å². The Morgan fingerprint density at radius 3 is 2.56 bits per heavy atom. The number of hydrogen-bond acceptors (Lipinski definition) is 1. The molecule has 4 rings (SSSR count). The molecule has 1 nitrogen and oxygen atoms in total. The van der Waals surface area contributed by atoms with Crippen molar-refractivity contribution in [3.63, 3.8) is 0 Å². The third-order valence-corrected chi connectivity index (χ3v) is 3.79. The Morgan fingerprint density at radius 1 is 0.722 bits per heavy atom. The summed E-state index contributed by atoms with van der Waals surface area (Å²) in [7, 11) is 0. The summed E-state index contributed by atoms with van der Waals surface area (Å²) in [5, 5.41) is 4.78. The molecule has 1 heterocycles. The largest absolute Gasteiger partial charge is 0.456 e. The molecule has 0 aliphatic heterocycles. The molecule has 0 saturated heterocycles. The summed E-state index contributed by atoms with van der Waals surface area (Å²) in [5.41, 5.74) is 1.90. The van der Waals surface area contributed by atoms with Crippen LogP contribution in [0.4, 0.5) is 0 Å². The zero-order chi connectivity index (χ0) is 12.1. The minimum atomic E-state index is 0.946. The second kappa shape index (κ2) is 3.59. The standard InChI is InChI=1S/C16H9BrO/c17-12-6-5-10-9-16-14(8-11(10)7-12)13-3-1-2-4-15(13)18-16/h1-9H. The van der Waals surface area contributed by atoms with Gasteiger partial charge in [0.2, 0.25) is 0 Å². The van der Waals surface area contributed by atoms with Gasteiger partial charge in [-0.15, -0.1) is 0 Å². The van der Waals surface area contributed by atoms with Gasteiger partial charge < -0.3 is 4.42 Å². The Balaban J connectivity index is 2.24. The molecule has 0 amide bonds. The normalized spacial score (nSPS) is 11.6. The van der Waals surface area contributed by atoms with Gasteiger partial charge in [0.15, 0.2) is 0 Å². The zero-order valence-corrected chi connectivity index (χ0v) is 11.1. The highest BCUT2D eigenvalue weighted by molar-refractivity contribution is 9.10. The second-order valence-corrected chi connectivity index (χ2v) is 5.35. The molecule has 18 heavy (non-hydrogen) atoms. The lowest BCUT2D eigenvalue weighted by Gasteiger charge is -1.98. The molecule has 0 saturated carbocycles. The van der Waals surface area contributed by atoms with E-state index in [0.717, 1.165) is 15.6 Å². The molecule has 0 aliphatic rings.